The van der Waals surface area contributed by atoms with Crippen molar-refractivity contribution >= 4 is 33.2 Å². The molecule has 0 saturated carbocycles. The zero-order valence-corrected chi connectivity index (χ0v) is 25.7. The van der Waals surface area contributed by atoms with Crippen LogP contribution in [0.1, 0.15) is 37.8 Å². The lowest BCUT2D eigenvalue weighted by atomic mass is 10.1. The van der Waals surface area contributed by atoms with Crippen molar-refractivity contribution in [3.8, 4) is 5.75 Å². The summed E-state index contributed by atoms with van der Waals surface area (Å²) in [6.45, 7) is 5.21. The van der Waals surface area contributed by atoms with E-state index in [1.807, 2.05) is 37.3 Å². The molecule has 0 saturated heterocycles. The van der Waals surface area contributed by atoms with Gasteiger partial charge in [-0.05, 0) is 62.1 Å². The Morgan fingerprint density at radius 1 is 1.02 bits per heavy atom. The first-order valence-corrected chi connectivity index (χ1v) is 15.5. The molecule has 43 heavy (non-hydrogen) atoms. The SMILES string of the molecule is CCCNC(=O)[C@H](CC)N(CCc1ccccc1)C(=O)CN(c1ccc(OC)cc1)S(=O)(=O)c1ccc(C)c([N+](=O)[O-])c1. The van der Waals surface area contributed by atoms with Gasteiger partial charge in [-0.1, -0.05) is 50.2 Å². The number of methoxy groups -OCH3 is 1. The highest BCUT2D eigenvalue weighted by Gasteiger charge is 2.34. The molecular formula is C31H38N4O7S. The molecule has 2 amide bonds. The third-order valence-electron chi connectivity index (χ3n) is 7.02. The first kappa shape index (κ1) is 33.1. The van der Waals surface area contributed by atoms with Gasteiger partial charge in [-0.25, -0.2) is 8.42 Å². The number of hydrogen-bond acceptors (Lipinski definition) is 7. The first-order chi connectivity index (χ1) is 20.5. The van der Waals surface area contributed by atoms with Gasteiger partial charge >= 0.3 is 0 Å². The Kier molecular flexibility index (Phi) is 11.6. The molecular weight excluding hydrogens is 572 g/mol. The molecule has 1 atom stereocenters. The van der Waals surface area contributed by atoms with Crippen LogP contribution < -0.4 is 14.4 Å². The van der Waals surface area contributed by atoms with E-state index in [0.29, 0.717) is 37.1 Å². The van der Waals surface area contributed by atoms with Crippen LogP contribution in [-0.2, 0) is 26.0 Å². The fourth-order valence-corrected chi connectivity index (χ4v) is 6.05. The number of hydrogen-bond donors (Lipinski definition) is 1. The molecule has 0 unspecified atom stereocenters. The number of nitro groups is 1. The number of nitro benzene ring substituents is 1. The van der Waals surface area contributed by atoms with Gasteiger partial charge in [0.1, 0.15) is 18.3 Å². The fraction of sp³-hybridized carbons (Fsp3) is 0.355. The molecule has 0 spiro atoms. The second kappa shape index (κ2) is 15.1. The van der Waals surface area contributed by atoms with E-state index in [1.165, 1.54) is 43.2 Å². The second-order valence-electron chi connectivity index (χ2n) is 9.95. The second-order valence-corrected chi connectivity index (χ2v) is 11.8. The van der Waals surface area contributed by atoms with Gasteiger partial charge in [0, 0.05) is 24.7 Å². The Bertz CT molecular complexity index is 1510. The number of sulfonamides is 1. The van der Waals surface area contributed by atoms with E-state index in [4.69, 9.17) is 4.74 Å². The minimum atomic E-state index is -4.47. The lowest BCUT2D eigenvalue weighted by molar-refractivity contribution is -0.385. The molecule has 0 aliphatic rings. The minimum absolute atomic E-state index is 0.156. The lowest BCUT2D eigenvalue weighted by Crippen LogP contribution is -2.53. The number of nitrogens with zero attached hydrogens (tertiary/aromatic N) is 3. The van der Waals surface area contributed by atoms with Crippen LogP contribution in [-0.4, -0.2) is 62.8 Å². The number of carbonyl (C=O) groups is 2. The quantitative estimate of drug-likeness (QED) is 0.198. The molecule has 230 valence electrons. The zero-order chi connectivity index (χ0) is 31.6. The highest BCUT2D eigenvalue weighted by atomic mass is 32.2. The van der Waals surface area contributed by atoms with Crippen molar-refractivity contribution in [2.45, 2.75) is 51.0 Å². The minimum Gasteiger partial charge on any atom is -0.497 e. The number of aryl methyl sites for hydroxylation is 1. The van der Waals surface area contributed by atoms with Gasteiger partial charge in [0.05, 0.1) is 22.6 Å². The van der Waals surface area contributed by atoms with Crippen molar-refractivity contribution in [2.75, 3.05) is 31.0 Å². The van der Waals surface area contributed by atoms with Crippen LogP contribution in [0.25, 0.3) is 0 Å². The van der Waals surface area contributed by atoms with Crippen LogP contribution in [0.3, 0.4) is 0 Å². The molecule has 3 aromatic rings. The average Bonchev–Trinajstić information content (AvgIpc) is 3.01. The number of ether oxygens (including phenoxy) is 1. The predicted octanol–water partition coefficient (Wildman–Crippen LogP) is 4.48. The largest absolute Gasteiger partial charge is 0.497 e. The van der Waals surface area contributed by atoms with Gasteiger partial charge in [0.2, 0.25) is 11.8 Å². The van der Waals surface area contributed by atoms with E-state index in [-0.39, 0.29) is 28.7 Å². The predicted molar refractivity (Wildman–Crippen MR) is 165 cm³/mol. The molecule has 0 aromatic heterocycles. The molecule has 11 nitrogen and oxygen atoms in total. The Labute approximate surface area is 252 Å². The summed E-state index contributed by atoms with van der Waals surface area (Å²) in [6.07, 6.45) is 1.48. The number of carbonyl (C=O) groups excluding carboxylic acids is 2. The van der Waals surface area contributed by atoms with Crippen LogP contribution in [0.2, 0.25) is 0 Å². The summed E-state index contributed by atoms with van der Waals surface area (Å²) in [5.41, 5.74) is 1.05. The van der Waals surface area contributed by atoms with Crippen molar-refractivity contribution in [1.82, 2.24) is 10.2 Å². The van der Waals surface area contributed by atoms with E-state index in [2.05, 4.69) is 5.32 Å². The van der Waals surface area contributed by atoms with Crippen LogP contribution in [0.5, 0.6) is 5.75 Å². The Balaban J connectivity index is 2.06. The molecule has 0 bridgehead atoms. The summed E-state index contributed by atoms with van der Waals surface area (Å²) in [5, 5.41) is 14.4. The first-order valence-electron chi connectivity index (χ1n) is 14.1. The lowest BCUT2D eigenvalue weighted by Gasteiger charge is -2.33. The zero-order valence-electron chi connectivity index (χ0n) is 24.9. The van der Waals surface area contributed by atoms with E-state index in [9.17, 15) is 28.1 Å². The standard InChI is InChI=1S/C31H38N4O7S/c1-5-19-32-31(37)28(6-2)33(20-18-24-10-8-7-9-11-24)30(36)22-34(25-13-15-26(42-4)16-14-25)43(40,41)27-17-12-23(3)29(21-27)35(38)39/h7-17,21,28H,5-6,18-20,22H2,1-4H3,(H,32,37)/t28-/m0/s1. The Morgan fingerprint density at radius 2 is 1.70 bits per heavy atom. The number of amides is 2. The molecule has 1 N–H and O–H groups in total. The monoisotopic (exact) mass is 610 g/mol. The van der Waals surface area contributed by atoms with Gasteiger partial charge in [-0.2, -0.15) is 0 Å². The molecule has 3 aromatic carbocycles. The van der Waals surface area contributed by atoms with E-state index in [1.54, 1.807) is 19.1 Å². The maximum Gasteiger partial charge on any atom is 0.273 e. The van der Waals surface area contributed by atoms with Gasteiger partial charge in [-0.3, -0.25) is 24.0 Å². The number of anilines is 1. The average molecular weight is 611 g/mol. The van der Waals surface area contributed by atoms with Crippen LogP contribution >= 0.6 is 0 Å². The normalized spacial score (nSPS) is 11.8. The number of rotatable bonds is 15. The van der Waals surface area contributed by atoms with E-state index in [0.717, 1.165) is 15.9 Å². The third kappa shape index (κ3) is 8.31. The highest BCUT2D eigenvalue weighted by Crippen LogP contribution is 2.29. The van der Waals surface area contributed by atoms with Crippen molar-refractivity contribution in [3.63, 3.8) is 0 Å². The van der Waals surface area contributed by atoms with Crippen LogP contribution in [0.4, 0.5) is 11.4 Å². The van der Waals surface area contributed by atoms with Crippen molar-refractivity contribution in [1.29, 1.82) is 0 Å². The van der Waals surface area contributed by atoms with Crippen molar-refractivity contribution < 1.29 is 27.7 Å². The summed E-state index contributed by atoms with van der Waals surface area (Å²) in [4.78, 5) is 39.2. The van der Waals surface area contributed by atoms with Crippen molar-refractivity contribution in [2.24, 2.45) is 0 Å². The van der Waals surface area contributed by atoms with E-state index < -0.39 is 33.4 Å². The molecule has 3 rings (SSSR count). The van der Waals surface area contributed by atoms with Gasteiger partial charge in [0.25, 0.3) is 15.7 Å². The van der Waals surface area contributed by atoms with E-state index >= 15 is 0 Å². The van der Waals surface area contributed by atoms with Crippen molar-refractivity contribution in [3.05, 3.63) is 94.0 Å². The van der Waals surface area contributed by atoms with Gasteiger partial charge in [-0.15, -0.1) is 0 Å². The molecule has 0 aliphatic carbocycles. The Hall–Kier alpha value is -4.45. The topological polar surface area (TPSA) is 139 Å². The van der Waals surface area contributed by atoms with Crippen LogP contribution in [0.15, 0.2) is 77.7 Å². The van der Waals surface area contributed by atoms with Gasteiger partial charge < -0.3 is 15.0 Å². The summed E-state index contributed by atoms with van der Waals surface area (Å²) in [6, 6.07) is 18.4. The molecule has 12 heteroatoms. The fourth-order valence-electron chi connectivity index (χ4n) is 4.61. The maximum absolute atomic E-state index is 14.1. The number of benzene rings is 3. The maximum atomic E-state index is 14.1. The van der Waals surface area contributed by atoms with Gasteiger partial charge in [0.15, 0.2) is 0 Å². The molecule has 0 fully saturated rings. The summed E-state index contributed by atoms with van der Waals surface area (Å²) in [7, 11) is -3.00. The smallest absolute Gasteiger partial charge is 0.273 e. The Morgan fingerprint density at radius 3 is 2.28 bits per heavy atom. The summed E-state index contributed by atoms with van der Waals surface area (Å²) >= 11 is 0. The summed E-state index contributed by atoms with van der Waals surface area (Å²) < 4.78 is 34.2. The third-order valence-corrected chi connectivity index (χ3v) is 8.79. The van der Waals surface area contributed by atoms with Crippen LogP contribution in [0, 0.1) is 17.0 Å². The summed E-state index contributed by atoms with van der Waals surface area (Å²) in [5.74, 6) is -0.435. The molecule has 0 heterocycles. The molecule has 0 aliphatic heterocycles. The molecule has 0 radical (unpaired) electrons. The number of nitrogens with one attached hydrogen (secondary N) is 1. The highest BCUT2D eigenvalue weighted by molar-refractivity contribution is 7.92.